The smallest absolute Gasteiger partial charge is 0.271 e. The van der Waals surface area contributed by atoms with Gasteiger partial charge in [-0.2, -0.15) is 0 Å². The minimum absolute atomic E-state index is 0.000378. The Balaban J connectivity index is 1.07. The first-order valence-corrected chi connectivity index (χ1v) is 16.8. The number of carbonyl (C=O) groups is 1. The van der Waals surface area contributed by atoms with Crippen molar-refractivity contribution in [2.75, 3.05) is 5.75 Å². The van der Waals surface area contributed by atoms with Gasteiger partial charge in [-0.1, -0.05) is 78.9 Å². The van der Waals surface area contributed by atoms with Crippen molar-refractivity contribution in [3.8, 4) is 11.1 Å². The lowest BCUT2D eigenvalue weighted by molar-refractivity contribution is -0.245. The Morgan fingerprint density at radius 2 is 1.58 bits per heavy atom. The van der Waals surface area contributed by atoms with Crippen molar-refractivity contribution < 1.29 is 19.4 Å². The maximum absolute atomic E-state index is 12.9. The van der Waals surface area contributed by atoms with E-state index in [1.54, 1.807) is 18.0 Å². The molecule has 0 spiro atoms. The Morgan fingerprint density at radius 3 is 2.40 bits per heavy atom. The van der Waals surface area contributed by atoms with Crippen LogP contribution in [0.4, 0.5) is 0 Å². The second-order valence-electron chi connectivity index (χ2n) is 11.6. The number of ether oxygens (including phenoxy) is 2. The van der Waals surface area contributed by atoms with Crippen molar-refractivity contribution in [3.05, 3.63) is 156 Å². The first-order valence-electron chi connectivity index (χ1n) is 15.8. The van der Waals surface area contributed by atoms with Gasteiger partial charge in [-0.25, -0.2) is 9.97 Å². The van der Waals surface area contributed by atoms with Crippen molar-refractivity contribution >= 4 is 28.7 Å². The Kier molecular flexibility index (Phi) is 9.81. The molecule has 0 radical (unpaired) electrons. The van der Waals surface area contributed by atoms with Crippen LogP contribution < -0.4 is 5.32 Å². The van der Waals surface area contributed by atoms with E-state index in [4.69, 9.17) is 9.47 Å². The third-order valence-corrected chi connectivity index (χ3v) is 9.30. The molecule has 1 amide bonds. The molecule has 3 heterocycles. The largest absolute Gasteiger partial charge is 0.392 e. The van der Waals surface area contributed by atoms with Crippen LogP contribution in [0.25, 0.3) is 22.2 Å². The second-order valence-corrected chi connectivity index (χ2v) is 12.6. The number of para-hydroxylation sites is 2. The van der Waals surface area contributed by atoms with E-state index in [1.165, 1.54) is 6.20 Å². The number of pyridine rings is 1. The van der Waals surface area contributed by atoms with E-state index >= 15 is 0 Å². The molecule has 2 aromatic heterocycles. The molecule has 7 rings (SSSR count). The fraction of sp³-hybridized carbons (Fsp3) is 0.179. The number of hydrogen-bond acceptors (Lipinski definition) is 8. The number of thioether (sulfide) groups is 1. The van der Waals surface area contributed by atoms with E-state index in [1.807, 2.05) is 91.0 Å². The molecule has 1 aliphatic rings. The topological polar surface area (TPSA) is 106 Å². The highest BCUT2D eigenvalue weighted by atomic mass is 32.2. The van der Waals surface area contributed by atoms with E-state index in [9.17, 15) is 9.90 Å². The van der Waals surface area contributed by atoms with Crippen LogP contribution in [0, 0.1) is 0 Å². The Bertz CT molecular complexity index is 2010. The normalized spacial score (nSPS) is 17.6. The van der Waals surface area contributed by atoms with Gasteiger partial charge in [-0.05, 0) is 64.2 Å². The maximum Gasteiger partial charge on any atom is 0.271 e. The van der Waals surface area contributed by atoms with E-state index in [0.717, 1.165) is 49.7 Å². The summed E-state index contributed by atoms with van der Waals surface area (Å²) in [6.45, 7) is 0.350. The molecule has 240 valence electrons. The summed E-state index contributed by atoms with van der Waals surface area (Å²) in [5.41, 5.74) is 7.54. The number of carbonyl (C=O) groups excluding carboxylic acids is 1. The zero-order chi connectivity index (χ0) is 32.7. The van der Waals surface area contributed by atoms with Crippen molar-refractivity contribution in [1.29, 1.82) is 0 Å². The highest BCUT2D eigenvalue weighted by Gasteiger charge is 2.32. The molecule has 0 bridgehead atoms. The molecule has 1 aliphatic heterocycles. The van der Waals surface area contributed by atoms with Crippen LogP contribution in [-0.2, 0) is 22.6 Å². The average Bonchev–Trinajstić information content (AvgIpc) is 3.16. The van der Waals surface area contributed by atoms with Gasteiger partial charge in [0.25, 0.3) is 5.91 Å². The van der Waals surface area contributed by atoms with Gasteiger partial charge in [-0.15, -0.1) is 11.8 Å². The van der Waals surface area contributed by atoms with Gasteiger partial charge in [0.1, 0.15) is 5.69 Å². The Labute approximate surface area is 283 Å². The number of nitrogens with zero attached hydrogens (tertiary/aromatic N) is 3. The highest BCUT2D eigenvalue weighted by Crippen LogP contribution is 2.40. The number of benzene rings is 4. The minimum atomic E-state index is -0.568. The summed E-state index contributed by atoms with van der Waals surface area (Å²) in [6.07, 6.45) is 3.20. The molecule has 2 N–H and O–H groups in total. The fourth-order valence-electron chi connectivity index (χ4n) is 5.70. The number of hydrogen-bond donors (Lipinski definition) is 2. The van der Waals surface area contributed by atoms with E-state index in [2.05, 4.69) is 44.5 Å². The van der Waals surface area contributed by atoms with Gasteiger partial charge < -0.3 is 19.9 Å². The lowest BCUT2D eigenvalue weighted by atomic mass is 9.99. The maximum atomic E-state index is 12.9. The average molecular weight is 655 g/mol. The Hall–Kier alpha value is -4.93. The zero-order valence-electron chi connectivity index (χ0n) is 26.1. The van der Waals surface area contributed by atoms with E-state index in [-0.39, 0.29) is 30.4 Å². The van der Waals surface area contributed by atoms with Crippen molar-refractivity contribution in [1.82, 2.24) is 20.3 Å². The third kappa shape index (κ3) is 7.61. The molecule has 9 heteroatoms. The number of aliphatic hydroxyl groups is 1. The first-order chi connectivity index (χ1) is 23.6. The third-order valence-electron chi connectivity index (χ3n) is 8.22. The summed E-state index contributed by atoms with van der Waals surface area (Å²) >= 11 is 1.67. The molecule has 48 heavy (non-hydrogen) atoms. The molecule has 1 fully saturated rings. The molecule has 4 aromatic carbocycles. The van der Waals surface area contributed by atoms with Gasteiger partial charge >= 0.3 is 0 Å². The van der Waals surface area contributed by atoms with Crippen LogP contribution in [0.2, 0.25) is 0 Å². The number of aliphatic hydroxyl groups excluding tert-OH is 1. The van der Waals surface area contributed by atoms with Crippen LogP contribution in [-0.4, -0.2) is 37.8 Å². The minimum Gasteiger partial charge on any atom is -0.392 e. The van der Waals surface area contributed by atoms with Crippen LogP contribution in [0.5, 0.6) is 0 Å². The van der Waals surface area contributed by atoms with Crippen LogP contribution in [0.15, 0.2) is 133 Å². The van der Waals surface area contributed by atoms with Gasteiger partial charge in [0.15, 0.2) is 6.29 Å². The molecular weight excluding hydrogens is 621 g/mol. The van der Waals surface area contributed by atoms with E-state index < -0.39 is 6.29 Å². The molecule has 0 saturated carbocycles. The fourth-order valence-corrected chi connectivity index (χ4v) is 6.58. The van der Waals surface area contributed by atoms with Crippen LogP contribution in [0.3, 0.4) is 0 Å². The lowest BCUT2D eigenvalue weighted by Gasteiger charge is -2.36. The van der Waals surface area contributed by atoms with Crippen LogP contribution in [0.1, 0.15) is 51.6 Å². The van der Waals surface area contributed by atoms with Crippen molar-refractivity contribution in [3.63, 3.8) is 0 Å². The number of amides is 1. The molecular formula is C39H34N4O4S. The molecule has 3 atom stereocenters. The van der Waals surface area contributed by atoms with Crippen molar-refractivity contribution in [2.24, 2.45) is 0 Å². The quantitative estimate of drug-likeness (QED) is 0.147. The number of nitrogens with one attached hydrogen (secondary N) is 1. The van der Waals surface area contributed by atoms with Crippen molar-refractivity contribution in [2.45, 2.75) is 43.1 Å². The zero-order valence-corrected chi connectivity index (χ0v) is 26.9. The Morgan fingerprint density at radius 1 is 0.792 bits per heavy atom. The highest BCUT2D eigenvalue weighted by molar-refractivity contribution is 7.99. The van der Waals surface area contributed by atoms with Crippen LogP contribution >= 0.6 is 11.8 Å². The second kappa shape index (κ2) is 14.9. The molecule has 1 saturated heterocycles. The summed E-state index contributed by atoms with van der Waals surface area (Å²) in [5.74, 6) is 0.462. The van der Waals surface area contributed by atoms with Gasteiger partial charge in [-0.3, -0.25) is 9.78 Å². The lowest BCUT2D eigenvalue weighted by Crippen LogP contribution is -2.31. The predicted octanol–water partition coefficient (Wildman–Crippen LogP) is 7.45. The summed E-state index contributed by atoms with van der Waals surface area (Å²) in [5, 5.41) is 13.5. The monoisotopic (exact) mass is 654 g/mol. The summed E-state index contributed by atoms with van der Waals surface area (Å²) in [7, 11) is 0. The molecule has 6 aromatic rings. The van der Waals surface area contributed by atoms with Gasteiger partial charge in [0.05, 0.1) is 41.1 Å². The molecule has 0 unspecified atom stereocenters. The summed E-state index contributed by atoms with van der Waals surface area (Å²) < 4.78 is 13.2. The van der Waals surface area contributed by atoms with E-state index in [0.29, 0.717) is 18.5 Å². The number of aromatic nitrogens is 3. The number of fused-ring (bicyclic) bond motifs is 1. The summed E-state index contributed by atoms with van der Waals surface area (Å²) in [4.78, 5) is 26.2. The van der Waals surface area contributed by atoms with Gasteiger partial charge in [0, 0.05) is 30.5 Å². The first kappa shape index (κ1) is 31.7. The standard InChI is InChI=1S/C39H34N4O4S/c44-24-26-14-16-28(17-15-26)36-21-32(25-48-37-13-3-4-18-40-37)46-39(47-36)31-10-6-9-30(20-31)29-8-5-7-27(19-29)22-42-38(45)35-23-41-33-11-1-2-12-34(33)43-35/h1-20,23,32,36,39,44H,21-22,24-25H2,(H,42,45)/t32-,36+,39+/m0/s1. The molecule has 8 nitrogen and oxygen atoms in total. The number of rotatable bonds is 10. The predicted molar refractivity (Wildman–Crippen MR) is 186 cm³/mol. The molecule has 0 aliphatic carbocycles. The summed E-state index contributed by atoms with van der Waals surface area (Å²) in [6, 6.07) is 37.6. The van der Waals surface area contributed by atoms with Gasteiger partial charge in [0.2, 0.25) is 0 Å². The SMILES string of the molecule is O=C(NCc1cccc(-c2cccc([C@@H]3O[C@H](CSc4ccccn4)C[C@H](c4ccc(CO)cc4)O3)c2)c1)c1cnc2ccccc2n1.